The van der Waals surface area contributed by atoms with Crippen LogP contribution in [0.25, 0.3) is 11.3 Å². The SMILES string of the molecule is C=CC(C)=CC=C(C)n1nc(C2CCC(=O)CC2)cc1NC(=O)c1cnn2cccnc12. The predicted octanol–water partition coefficient (Wildman–Crippen LogP) is 4.40. The molecule has 1 fully saturated rings. The van der Waals surface area contributed by atoms with Crippen LogP contribution in [0, 0.1) is 0 Å². The minimum atomic E-state index is -0.309. The molecule has 1 saturated carbocycles. The van der Waals surface area contributed by atoms with Crippen molar-refractivity contribution in [3.8, 4) is 0 Å². The number of carbonyl (C=O) groups is 2. The fourth-order valence-corrected chi connectivity index (χ4v) is 3.75. The Morgan fingerprint density at radius 2 is 2.03 bits per heavy atom. The first-order chi connectivity index (χ1) is 15.5. The Hall–Kier alpha value is -3.81. The highest BCUT2D eigenvalue weighted by molar-refractivity contribution is 6.08. The number of hydrogen-bond donors (Lipinski definition) is 1. The van der Waals surface area contributed by atoms with Gasteiger partial charge in [0.25, 0.3) is 5.91 Å². The Morgan fingerprint density at radius 3 is 2.78 bits per heavy atom. The third-order valence-corrected chi connectivity index (χ3v) is 5.70. The maximum absolute atomic E-state index is 13.1. The molecule has 8 nitrogen and oxygen atoms in total. The number of nitrogens with one attached hydrogen (secondary N) is 1. The largest absolute Gasteiger partial charge is 0.306 e. The summed E-state index contributed by atoms with van der Waals surface area (Å²) >= 11 is 0. The smallest absolute Gasteiger partial charge is 0.262 e. The van der Waals surface area contributed by atoms with Crippen LogP contribution in [-0.4, -0.2) is 36.1 Å². The van der Waals surface area contributed by atoms with E-state index in [-0.39, 0.29) is 11.8 Å². The van der Waals surface area contributed by atoms with Crippen molar-refractivity contribution in [1.29, 1.82) is 0 Å². The molecule has 0 aliphatic heterocycles. The van der Waals surface area contributed by atoms with Gasteiger partial charge in [-0.1, -0.05) is 24.3 Å². The Kier molecular flexibility index (Phi) is 6.11. The zero-order valence-corrected chi connectivity index (χ0v) is 18.3. The molecule has 1 amide bonds. The van der Waals surface area contributed by atoms with Gasteiger partial charge >= 0.3 is 0 Å². The number of anilines is 1. The Balaban J connectivity index is 1.67. The highest BCUT2D eigenvalue weighted by Gasteiger charge is 2.25. The topological polar surface area (TPSA) is 94.2 Å². The molecule has 3 aromatic heterocycles. The molecule has 8 heteroatoms. The molecular weight excluding hydrogens is 404 g/mol. The summed E-state index contributed by atoms with van der Waals surface area (Å²) in [5.41, 5.74) is 3.61. The molecule has 0 aromatic carbocycles. The van der Waals surface area contributed by atoms with Crippen LogP contribution in [0.15, 0.2) is 61.1 Å². The third kappa shape index (κ3) is 4.44. The molecule has 4 rings (SSSR count). The second-order valence-electron chi connectivity index (χ2n) is 8.00. The van der Waals surface area contributed by atoms with Gasteiger partial charge in [0, 0.05) is 42.9 Å². The van der Waals surface area contributed by atoms with Crippen molar-refractivity contribution in [1.82, 2.24) is 24.4 Å². The lowest BCUT2D eigenvalue weighted by atomic mass is 9.86. The molecule has 0 bridgehead atoms. The van der Waals surface area contributed by atoms with Gasteiger partial charge in [-0.25, -0.2) is 14.2 Å². The van der Waals surface area contributed by atoms with Crippen LogP contribution in [0.4, 0.5) is 5.82 Å². The van der Waals surface area contributed by atoms with Crippen LogP contribution < -0.4 is 5.32 Å². The van der Waals surface area contributed by atoms with Crippen LogP contribution >= 0.6 is 0 Å². The first-order valence-corrected chi connectivity index (χ1v) is 10.7. The van der Waals surface area contributed by atoms with Gasteiger partial charge in [0.15, 0.2) is 5.65 Å². The average molecular weight is 431 g/mol. The number of rotatable bonds is 6. The van der Waals surface area contributed by atoms with Gasteiger partial charge < -0.3 is 5.32 Å². The number of fused-ring (bicyclic) bond motifs is 1. The van der Waals surface area contributed by atoms with E-state index in [2.05, 4.69) is 22.0 Å². The number of allylic oxidation sites excluding steroid dienone is 5. The van der Waals surface area contributed by atoms with Crippen LogP contribution in [0.5, 0.6) is 0 Å². The highest BCUT2D eigenvalue weighted by Crippen LogP contribution is 2.32. The van der Waals surface area contributed by atoms with Gasteiger partial charge in [0.2, 0.25) is 0 Å². The number of Topliss-reactive ketones (excluding diaryl/α,β-unsaturated/α-hetero) is 1. The summed E-state index contributed by atoms with van der Waals surface area (Å²) < 4.78 is 3.29. The first kappa shape index (κ1) is 21.4. The van der Waals surface area contributed by atoms with Crippen LogP contribution in [0.1, 0.15) is 61.5 Å². The highest BCUT2D eigenvalue weighted by atomic mass is 16.2. The molecule has 3 heterocycles. The Bertz CT molecular complexity index is 1240. The molecule has 32 heavy (non-hydrogen) atoms. The molecular formula is C24H26N6O2. The standard InChI is InChI=1S/C24H26N6O2/c1-4-16(2)6-7-17(3)30-22(14-21(28-30)18-8-10-19(31)11-9-18)27-24(32)20-15-26-29-13-5-12-25-23(20)29/h4-7,12-15,18H,1,8-11H2,2-3H3,(H,27,32). The summed E-state index contributed by atoms with van der Waals surface area (Å²) in [5.74, 6) is 0.754. The van der Waals surface area contributed by atoms with Crippen molar-refractivity contribution < 1.29 is 9.59 Å². The van der Waals surface area contributed by atoms with E-state index in [9.17, 15) is 9.59 Å². The van der Waals surface area contributed by atoms with Crippen LogP contribution in [-0.2, 0) is 4.79 Å². The first-order valence-electron chi connectivity index (χ1n) is 10.7. The molecule has 0 spiro atoms. The van der Waals surface area contributed by atoms with Crippen molar-refractivity contribution in [2.24, 2.45) is 0 Å². The van der Waals surface area contributed by atoms with Crippen molar-refractivity contribution in [2.75, 3.05) is 5.32 Å². The fourth-order valence-electron chi connectivity index (χ4n) is 3.75. The molecule has 1 N–H and O–H groups in total. The molecule has 1 aliphatic carbocycles. The van der Waals surface area contributed by atoms with E-state index in [0.29, 0.717) is 35.7 Å². The van der Waals surface area contributed by atoms with Crippen molar-refractivity contribution in [2.45, 2.75) is 45.4 Å². The van der Waals surface area contributed by atoms with Gasteiger partial charge in [0.05, 0.1) is 11.9 Å². The summed E-state index contributed by atoms with van der Waals surface area (Å²) in [6, 6.07) is 3.66. The molecule has 0 atom stereocenters. The number of amides is 1. The summed E-state index contributed by atoms with van der Waals surface area (Å²) in [6.45, 7) is 7.67. The number of nitrogens with zero attached hydrogens (tertiary/aromatic N) is 5. The van der Waals surface area contributed by atoms with E-state index >= 15 is 0 Å². The molecule has 3 aromatic rings. The van der Waals surface area contributed by atoms with Crippen molar-refractivity contribution in [3.05, 3.63) is 72.4 Å². The molecule has 0 unspecified atom stereocenters. The summed E-state index contributed by atoms with van der Waals surface area (Å²) in [6.07, 6.45) is 13.2. The molecule has 0 radical (unpaired) electrons. The third-order valence-electron chi connectivity index (χ3n) is 5.70. The van der Waals surface area contributed by atoms with E-state index in [1.54, 1.807) is 33.7 Å². The monoisotopic (exact) mass is 430 g/mol. The fraction of sp³-hybridized carbons (Fsp3) is 0.292. The maximum atomic E-state index is 13.1. The van der Waals surface area contributed by atoms with E-state index in [1.165, 1.54) is 6.20 Å². The lowest BCUT2D eigenvalue weighted by Crippen LogP contribution is -2.15. The second kappa shape index (κ2) is 9.13. The van der Waals surface area contributed by atoms with Gasteiger partial charge in [-0.2, -0.15) is 10.2 Å². The Morgan fingerprint density at radius 1 is 1.25 bits per heavy atom. The summed E-state index contributed by atoms with van der Waals surface area (Å²) in [7, 11) is 0. The number of ketones is 1. The quantitative estimate of drug-likeness (QED) is 0.585. The van der Waals surface area contributed by atoms with Gasteiger partial charge in [0.1, 0.15) is 17.2 Å². The number of aromatic nitrogens is 5. The number of hydrogen-bond acceptors (Lipinski definition) is 5. The van der Waals surface area contributed by atoms with Crippen LogP contribution in [0.2, 0.25) is 0 Å². The predicted molar refractivity (Wildman–Crippen MR) is 123 cm³/mol. The van der Waals surface area contributed by atoms with E-state index < -0.39 is 0 Å². The minimum Gasteiger partial charge on any atom is -0.306 e. The second-order valence-corrected chi connectivity index (χ2v) is 8.00. The molecule has 164 valence electrons. The van der Waals surface area contributed by atoms with Gasteiger partial charge in [-0.3, -0.25) is 9.59 Å². The van der Waals surface area contributed by atoms with E-state index in [0.717, 1.165) is 29.8 Å². The average Bonchev–Trinajstić information content (AvgIpc) is 3.42. The molecule has 1 aliphatic rings. The lowest BCUT2D eigenvalue weighted by Gasteiger charge is -2.18. The van der Waals surface area contributed by atoms with Crippen molar-refractivity contribution >= 4 is 28.9 Å². The zero-order valence-electron chi connectivity index (χ0n) is 18.3. The van der Waals surface area contributed by atoms with E-state index in [4.69, 9.17) is 5.10 Å². The number of carbonyl (C=O) groups excluding carboxylic acids is 2. The summed E-state index contributed by atoms with van der Waals surface area (Å²) in [4.78, 5) is 29.0. The zero-order chi connectivity index (χ0) is 22.7. The van der Waals surface area contributed by atoms with Gasteiger partial charge in [-0.05, 0) is 38.8 Å². The summed E-state index contributed by atoms with van der Waals surface area (Å²) in [5, 5.41) is 12.0. The molecule has 0 saturated heterocycles. The Labute approximate surface area is 186 Å². The maximum Gasteiger partial charge on any atom is 0.262 e. The van der Waals surface area contributed by atoms with E-state index in [1.807, 2.05) is 32.1 Å². The van der Waals surface area contributed by atoms with Crippen LogP contribution in [0.3, 0.4) is 0 Å². The van der Waals surface area contributed by atoms with Gasteiger partial charge in [-0.15, -0.1) is 0 Å². The minimum absolute atomic E-state index is 0.196. The van der Waals surface area contributed by atoms with Crippen molar-refractivity contribution in [3.63, 3.8) is 0 Å². The normalized spacial score (nSPS) is 15.9. The lowest BCUT2D eigenvalue weighted by molar-refractivity contribution is -0.120.